The minimum absolute atomic E-state index is 0.239. The summed E-state index contributed by atoms with van der Waals surface area (Å²) in [5.41, 5.74) is -0.738. The summed E-state index contributed by atoms with van der Waals surface area (Å²) in [6.45, 7) is 0. The largest absolute Gasteiger partial charge is 0.573 e. The van der Waals surface area contributed by atoms with E-state index in [9.17, 15) is 26.7 Å². The second-order valence-corrected chi connectivity index (χ2v) is 6.18. The van der Waals surface area contributed by atoms with Crippen molar-refractivity contribution in [1.29, 1.82) is 0 Å². The van der Waals surface area contributed by atoms with Gasteiger partial charge in [-0.25, -0.2) is 0 Å². The van der Waals surface area contributed by atoms with Crippen molar-refractivity contribution in [3.05, 3.63) is 42.1 Å². The average Bonchev–Trinajstić information content (AvgIpc) is 2.57. The number of allylic oxidation sites excluding steroid dienone is 1. The lowest BCUT2D eigenvalue weighted by atomic mass is 9.71. The van der Waals surface area contributed by atoms with Gasteiger partial charge >= 0.3 is 12.8 Å². The van der Waals surface area contributed by atoms with E-state index in [-0.39, 0.29) is 11.3 Å². The van der Waals surface area contributed by atoms with Crippen molar-refractivity contribution in [2.75, 3.05) is 0 Å². The Morgan fingerprint density at radius 3 is 2.59 bits per heavy atom. The Kier molecular flexibility index (Phi) is 5.18. The molecule has 5 nitrogen and oxygen atoms in total. The number of hydrogen-bond acceptors (Lipinski definition) is 4. The first-order valence-electron chi connectivity index (χ1n) is 8.15. The number of carbonyl (C=O) groups is 1. The zero-order valence-electron chi connectivity index (χ0n) is 13.9. The molecule has 1 amide bonds. The number of rotatable bonds is 5. The van der Waals surface area contributed by atoms with Gasteiger partial charge in [-0.1, -0.05) is 18.2 Å². The Labute approximate surface area is 151 Å². The van der Waals surface area contributed by atoms with Crippen LogP contribution in [0.3, 0.4) is 0 Å². The molecule has 1 aliphatic carbocycles. The van der Waals surface area contributed by atoms with E-state index in [0.29, 0.717) is 19.3 Å². The summed E-state index contributed by atoms with van der Waals surface area (Å²) in [4.78, 5) is 16.5. The third-order valence-electron chi connectivity index (χ3n) is 4.51. The molecule has 1 fully saturated rings. The fourth-order valence-corrected chi connectivity index (χ4v) is 3.17. The number of hydrogen-bond donors (Lipinski definition) is 1. The first-order chi connectivity index (χ1) is 12.7. The van der Waals surface area contributed by atoms with Gasteiger partial charge in [0.15, 0.2) is 6.29 Å². The summed E-state index contributed by atoms with van der Waals surface area (Å²) in [5.74, 6) is -1.82. The highest BCUT2D eigenvalue weighted by Crippen LogP contribution is 2.46. The Bertz CT molecular complexity index is 759. The van der Waals surface area contributed by atoms with Crippen molar-refractivity contribution in [2.45, 2.75) is 43.9 Å². The van der Waals surface area contributed by atoms with E-state index in [4.69, 9.17) is 0 Å². The quantitative estimate of drug-likeness (QED) is 0.784. The lowest BCUT2D eigenvalue weighted by Gasteiger charge is -2.47. The highest BCUT2D eigenvalue weighted by atomic mass is 19.4. The van der Waals surface area contributed by atoms with Crippen molar-refractivity contribution in [1.82, 2.24) is 10.2 Å². The predicted molar refractivity (Wildman–Crippen MR) is 86.1 cm³/mol. The van der Waals surface area contributed by atoms with E-state index in [2.05, 4.69) is 15.0 Å². The topological polar surface area (TPSA) is 53.9 Å². The number of para-hydroxylation sites is 1. The summed E-state index contributed by atoms with van der Waals surface area (Å²) in [6.07, 6.45) is -3.85. The predicted octanol–water partition coefficient (Wildman–Crippen LogP) is 3.53. The molecule has 1 atom stereocenters. The maximum Gasteiger partial charge on any atom is 0.573 e. The van der Waals surface area contributed by atoms with Crippen molar-refractivity contribution in [3.8, 4) is 5.75 Å². The van der Waals surface area contributed by atoms with E-state index >= 15 is 0 Å². The number of nitrogens with one attached hydrogen (secondary N) is 1. The van der Waals surface area contributed by atoms with Gasteiger partial charge in [0.05, 0.1) is 5.54 Å². The lowest BCUT2D eigenvalue weighted by Crippen LogP contribution is -2.58. The molecule has 0 bridgehead atoms. The van der Waals surface area contributed by atoms with Crippen LogP contribution in [-0.4, -0.2) is 36.1 Å². The first-order valence-corrected chi connectivity index (χ1v) is 8.15. The molecular formula is C17H16F5N3O2. The van der Waals surface area contributed by atoms with Crippen molar-refractivity contribution in [2.24, 2.45) is 4.99 Å². The van der Waals surface area contributed by atoms with Crippen LogP contribution in [0.4, 0.5) is 22.0 Å². The van der Waals surface area contributed by atoms with E-state index in [1.165, 1.54) is 30.5 Å². The van der Waals surface area contributed by atoms with Gasteiger partial charge in [-0.3, -0.25) is 20.0 Å². The van der Waals surface area contributed by atoms with Crippen LogP contribution in [0, 0.1) is 0 Å². The smallest absolute Gasteiger partial charge is 0.405 e. The van der Waals surface area contributed by atoms with E-state index in [1.807, 2.05) is 0 Å². The van der Waals surface area contributed by atoms with Gasteiger partial charge < -0.3 is 4.74 Å². The van der Waals surface area contributed by atoms with Crippen LogP contribution in [0.2, 0.25) is 0 Å². The van der Waals surface area contributed by atoms with Crippen molar-refractivity contribution < 1.29 is 31.5 Å². The fraction of sp³-hybridized carbons (Fsp3) is 0.412. The molecule has 0 saturated heterocycles. The maximum absolute atomic E-state index is 12.8. The maximum atomic E-state index is 12.8. The van der Waals surface area contributed by atoms with Crippen LogP contribution < -0.4 is 10.1 Å². The number of halogens is 5. The average molecular weight is 389 g/mol. The third-order valence-corrected chi connectivity index (χ3v) is 4.51. The summed E-state index contributed by atoms with van der Waals surface area (Å²) >= 11 is 0. The van der Waals surface area contributed by atoms with Gasteiger partial charge in [0.1, 0.15) is 5.75 Å². The summed E-state index contributed by atoms with van der Waals surface area (Å²) in [6, 6.07) is 5.64. The molecule has 0 radical (unpaired) electrons. The van der Waals surface area contributed by atoms with Gasteiger partial charge in [-0.2, -0.15) is 8.78 Å². The molecule has 0 spiro atoms. The molecule has 1 unspecified atom stereocenters. The standard InChI is InChI=1S/C17H16F5N3O2/c18-13(19)14(26)25-10-4-9-23-15(25)24-16(7-3-8-16)11-5-1-2-6-12(11)27-17(20,21)22/h1-2,4-6,9-10,13,15,24H,3,7-8H2. The lowest BCUT2D eigenvalue weighted by molar-refractivity contribution is -0.275. The number of amides is 1. The molecule has 1 aromatic rings. The Hall–Kier alpha value is -2.49. The van der Waals surface area contributed by atoms with Gasteiger partial charge in [-0.05, 0) is 31.4 Å². The summed E-state index contributed by atoms with van der Waals surface area (Å²) in [5, 5.41) is 2.97. The number of ether oxygens (including phenoxy) is 1. The van der Waals surface area contributed by atoms with Crippen LogP contribution in [0.25, 0.3) is 0 Å². The van der Waals surface area contributed by atoms with E-state index in [1.54, 1.807) is 6.07 Å². The second-order valence-electron chi connectivity index (χ2n) is 6.18. The minimum atomic E-state index is -4.87. The molecule has 0 aromatic heterocycles. The molecule has 1 saturated carbocycles. The molecular weight excluding hydrogens is 373 g/mol. The van der Waals surface area contributed by atoms with Crippen LogP contribution in [0.15, 0.2) is 41.5 Å². The molecule has 1 aliphatic heterocycles. The van der Waals surface area contributed by atoms with Crippen LogP contribution >= 0.6 is 0 Å². The first kappa shape index (κ1) is 19.3. The number of aliphatic imine (C=N–C) groups is 1. The third kappa shape index (κ3) is 4.10. The van der Waals surface area contributed by atoms with Crippen LogP contribution in [0.1, 0.15) is 24.8 Å². The fourth-order valence-electron chi connectivity index (χ4n) is 3.17. The zero-order valence-corrected chi connectivity index (χ0v) is 13.9. The van der Waals surface area contributed by atoms with Gasteiger partial charge in [-0.15, -0.1) is 13.2 Å². The number of nitrogens with zero attached hydrogens (tertiary/aromatic N) is 2. The number of alkyl halides is 5. The Morgan fingerprint density at radius 1 is 1.30 bits per heavy atom. The minimum Gasteiger partial charge on any atom is -0.405 e. The molecule has 27 heavy (non-hydrogen) atoms. The zero-order chi connectivity index (χ0) is 19.7. The molecule has 1 N–H and O–H groups in total. The Morgan fingerprint density at radius 2 is 2.00 bits per heavy atom. The van der Waals surface area contributed by atoms with E-state index in [0.717, 1.165) is 11.1 Å². The molecule has 1 aromatic carbocycles. The SMILES string of the molecule is O=C(C(F)F)N1C=CC=NC1NC1(c2ccccc2OC(F)(F)F)CCC1. The molecule has 2 aliphatic rings. The van der Waals surface area contributed by atoms with Gasteiger partial charge in [0, 0.05) is 18.0 Å². The van der Waals surface area contributed by atoms with Crippen LogP contribution in [0.5, 0.6) is 5.75 Å². The summed E-state index contributed by atoms with van der Waals surface area (Å²) < 4.78 is 68.0. The molecule has 10 heteroatoms. The molecule has 3 rings (SSSR count). The molecule has 1 heterocycles. The Balaban J connectivity index is 1.90. The molecule has 146 valence electrons. The highest BCUT2D eigenvalue weighted by molar-refractivity contribution is 5.83. The van der Waals surface area contributed by atoms with Crippen molar-refractivity contribution in [3.63, 3.8) is 0 Å². The van der Waals surface area contributed by atoms with Crippen molar-refractivity contribution >= 4 is 12.1 Å². The second kappa shape index (κ2) is 7.26. The normalized spacial score (nSPS) is 21.3. The summed E-state index contributed by atoms with van der Waals surface area (Å²) in [7, 11) is 0. The van der Waals surface area contributed by atoms with Crippen LogP contribution in [-0.2, 0) is 10.3 Å². The van der Waals surface area contributed by atoms with Gasteiger partial charge in [0.25, 0.3) is 5.91 Å². The van der Waals surface area contributed by atoms with Gasteiger partial charge in [0.2, 0.25) is 0 Å². The van der Waals surface area contributed by atoms with E-state index < -0.39 is 30.5 Å². The number of benzene rings is 1. The highest BCUT2D eigenvalue weighted by Gasteiger charge is 2.45. The monoisotopic (exact) mass is 389 g/mol. The number of carbonyl (C=O) groups excluding carboxylic acids is 1.